The maximum absolute atomic E-state index is 12.3. The molecular weight excluding hydrogens is 246 g/mol. The van der Waals surface area contributed by atoms with Crippen LogP contribution in [-0.4, -0.2) is 23.9 Å². The van der Waals surface area contributed by atoms with E-state index in [1.807, 2.05) is 23.1 Å². The molecule has 0 aromatic heterocycles. The lowest BCUT2D eigenvalue weighted by Gasteiger charge is -2.27. The Morgan fingerprint density at radius 2 is 1.89 bits per heavy atom. The van der Waals surface area contributed by atoms with E-state index in [0.717, 1.165) is 25.9 Å². The fourth-order valence-electron chi connectivity index (χ4n) is 2.33. The quantitative estimate of drug-likeness (QED) is 0.789. The third-order valence-electron chi connectivity index (χ3n) is 3.53. The van der Waals surface area contributed by atoms with E-state index in [9.17, 15) is 4.79 Å². The monoisotopic (exact) mass is 265 g/mol. The largest absolute Gasteiger partial charge is 0.339 e. The SMILES string of the molecule is CC(C)c1ccc(C(=O)N2CCCCC2)c(Cl)c1. The van der Waals surface area contributed by atoms with Crippen LogP contribution in [0, 0.1) is 0 Å². The molecule has 18 heavy (non-hydrogen) atoms. The van der Waals surface area contributed by atoms with Gasteiger partial charge in [0.2, 0.25) is 0 Å². The first-order valence-corrected chi connectivity index (χ1v) is 7.06. The van der Waals surface area contributed by atoms with E-state index in [2.05, 4.69) is 13.8 Å². The molecule has 1 amide bonds. The zero-order valence-electron chi connectivity index (χ0n) is 11.1. The van der Waals surface area contributed by atoms with Gasteiger partial charge in [-0.2, -0.15) is 0 Å². The molecule has 0 saturated carbocycles. The third kappa shape index (κ3) is 2.86. The summed E-state index contributed by atoms with van der Waals surface area (Å²) < 4.78 is 0. The molecule has 2 rings (SSSR count). The number of nitrogens with zero attached hydrogens (tertiary/aromatic N) is 1. The minimum atomic E-state index is 0.0787. The highest BCUT2D eigenvalue weighted by molar-refractivity contribution is 6.33. The first-order chi connectivity index (χ1) is 8.59. The van der Waals surface area contributed by atoms with Gasteiger partial charge in [0, 0.05) is 13.1 Å². The lowest BCUT2D eigenvalue weighted by molar-refractivity contribution is 0.0724. The minimum absolute atomic E-state index is 0.0787. The van der Waals surface area contributed by atoms with Gasteiger partial charge >= 0.3 is 0 Å². The van der Waals surface area contributed by atoms with Gasteiger partial charge in [0.1, 0.15) is 0 Å². The average Bonchev–Trinajstić information content (AvgIpc) is 2.38. The lowest BCUT2D eigenvalue weighted by Crippen LogP contribution is -2.35. The summed E-state index contributed by atoms with van der Waals surface area (Å²) in [5.41, 5.74) is 1.82. The number of benzene rings is 1. The van der Waals surface area contributed by atoms with Crippen LogP contribution in [0.4, 0.5) is 0 Å². The molecule has 1 aromatic rings. The van der Waals surface area contributed by atoms with Crippen molar-refractivity contribution in [2.75, 3.05) is 13.1 Å². The second-order valence-corrected chi connectivity index (χ2v) is 5.65. The summed E-state index contributed by atoms with van der Waals surface area (Å²) in [5, 5.41) is 0.580. The predicted octanol–water partition coefficient (Wildman–Crippen LogP) is 4.09. The molecular formula is C15H20ClNO. The van der Waals surface area contributed by atoms with Crippen molar-refractivity contribution in [2.24, 2.45) is 0 Å². The molecule has 0 aliphatic carbocycles. The van der Waals surface area contributed by atoms with Crippen LogP contribution in [-0.2, 0) is 0 Å². The van der Waals surface area contributed by atoms with Crippen molar-refractivity contribution < 1.29 is 4.79 Å². The molecule has 98 valence electrons. The number of hydrogen-bond acceptors (Lipinski definition) is 1. The number of carbonyl (C=O) groups excluding carboxylic acids is 1. The van der Waals surface area contributed by atoms with Gasteiger partial charge in [0.25, 0.3) is 5.91 Å². The zero-order valence-corrected chi connectivity index (χ0v) is 11.8. The van der Waals surface area contributed by atoms with E-state index in [1.54, 1.807) is 0 Å². The van der Waals surface area contributed by atoms with Crippen molar-refractivity contribution in [3.8, 4) is 0 Å². The van der Waals surface area contributed by atoms with Crippen LogP contribution < -0.4 is 0 Å². The van der Waals surface area contributed by atoms with Crippen LogP contribution in [0.25, 0.3) is 0 Å². The average molecular weight is 266 g/mol. The summed E-state index contributed by atoms with van der Waals surface area (Å²) in [6.45, 7) is 5.97. The fraction of sp³-hybridized carbons (Fsp3) is 0.533. The van der Waals surface area contributed by atoms with Crippen LogP contribution in [0.1, 0.15) is 54.9 Å². The molecule has 0 N–H and O–H groups in total. The molecule has 3 heteroatoms. The summed E-state index contributed by atoms with van der Waals surface area (Å²) in [6.07, 6.45) is 3.44. The Morgan fingerprint density at radius 1 is 1.22 bits per heavy atom. The van der Waals surface area contributed by atoms with Crippen LogP contribution in [0.15, 0.2) is 18.2 Å². The van der Waals surface area contributed by atoms with Crippen molar-refractivity contribution in [1.82, 2.24) is 4.90 Å². The number of rotatable bonds is 2. The summed E-state index contributed by atoms with van der Waals surface area (Å²) >= 11 is 6.24. The second-order valence-electron chi connectivity index (χ2n) is 5.25. The van der Waals surface area contributed by atoms with Crippen molar-refractivity contribution in [3.05, 3.63) is 34.3 Å². The smallest absolute Gasteiger partial charge is 0.255 e. The standard InChI is InChI=1S/C15H20ClNO/c1-11(2)12-6-7-13(14(16)10-12)15(18)17-8-4-3-5-9-17/h6-7,10-11H,3-5,8-9H2,1-2H3. The van der Waals surface area contributed by atoms with Gasteiger partial charge in [-0.15, -0.1) is 0 Å². The predicted molar refractivity (Wildman–Crippen MR) is 75.3 cm³/mol. The van der Waals surface area contributed by atoms with Gasteiger partial charge in [0.15, 0.2) is 0 Å². The fourth-order valence-corrected chi connectivity index (χ4v) is 2.60. The molecule has 1 aliphatic rings. The number of carbonyl (C=O) groups is 1. The highest BCUT2D eigenvalue weighted by Crippen LogP contribution is 2.24. The Labute approximate surface area is 114 Å². The molecule has 1 saturated heterocycles. The first-order valence-electron chi connectivity index (χ1n) is 6.68. The van der Waals surface area contributed by atoms with Gasteiger partial charge in [-0.1, -0.05) is 31.5 Å². The van der Waals surface area contributed by atoms with Crippen LogP contribution in [0.2, 0.25) is 5.02 Å². The minimum Gasteiger partial charge on any atom is -0.339 e. The van der Waals surface area contributed by atoms with Gasteiger partial charge in [-0.05, 0) is 42.9 Å². The lowest BCUT2D eigenvalue weighted by atomic mass is 10.0. The molecule has 0 spiro atoms. The molecule has 0 radical (unpaired) electrons. The first kappa shape index (κ1) is 13.4. The maximum atomic E-state index is 12.3. The Balaban J connectivity index is 2.19. The van der Waals surface area contributed by atoms with Crippen molar-refractivity contribution >= 4 is 17.5 Å². The molecule has 1 aromatic carbocycles. The molecule has 0 unspecified atom stereocenters. The molecule has 2 nitrogen and oxygen atoms in total. The molecule has 1 heterocycles. The van der Waals surface area contributed by atoms with Gasteiger partial charge < -0.3 is 4.90 Å². The molecule has 0 bridgehead atoms. The summed E-state index contributed by atoms with van der Waals surface area (Å²) in [7, 11) is 0. The normalized spacial score (nSPS) is 16.1. The molecule has 1 fully saturated rings. The Morgan fingerprint density at radius 3 is 2.44 bits per heavy atom. The summed E-state index contributed by atoms with van der Waals surface area (Å²) in [6, 6.07) is 5.80. The third-order valence-corrected chi connectivity index (χ3v) is 3.85. The molecule has 0 atom stereocenters. The number of likely N-dealkylation sites (tertiary alicyclic amines) is 1. The van der Waals surface area contributed by atoms with Crippen molar-refractivity contribution in [2.45, 2.75) is 39.0 Å². The van der Waals surface area contributed by atoms with Crippen molar-refractivity contribution in [1.29, 1.82) is 0 Å². The van der Waals surface area contributed by atoms with E-state index in [1.165, 1.54) is 12.0 Å². The van der Waals surface area contributed by atoms with Crippen LogP contribution >= 0.6 is 11.6 Å². The van der Waals surface area contributed by atoms with Crippen LogP contribution in [0.5, 0.6) is 0 Å². The number of piperidine rings is 1. The van der Waals surface area contributed by atoms with Gasteiger partial charge in [-0.25, -0.2) is 0 Å². The van der Waals surface area contributed by atoms with Gasteiger partial charge in [-0.3, -0.25) is 4.79 Å². The van der Waals surface area contributed by atoms with E-state index in [4.69, 9.17) is 11.6 Å². The zero-order chi connectivity index (χ0) is 13.1. The van der Waals surface area contributed by atoms with E-state index in [-0.39, 0.29) is 5.91 Å². The Hall–Kier alpha value is -1.02. The molecule has 1 aliphatic heterocycles. The van der Waals surface area contributed by atoms with E-state index < -0.39 is 0 Å². The highest BCUT2D eigenvalue weighted by atomic mass is 35.5. The Kier molecular flexibility index (Phi) is 4.28. The van der Waals surface area contributed by atoms with Gasteiger partial charge in [0.05, 0.1) is 10.6 Å². The van der Waals surface area contributed by atoms with E-state index in [0.29, 0.717) is 16.5 Å². The maximum Gasteiger partial charge on any atom is 0.255 e. The Bertz CT molecular complexity index is 436. The summed E-state index contributed by atoms with van der Waals surface area (Å²) in [5.74, 6) is 0.511. The topological polar surface area (TPSA) is 20.3 Å². The number of halogens is 1. The number of hydrogen-bond donors (Lipinski definition) is 0. The van der Waals surface area contributed by atoms with Crippen LogP contribution in [0.3, 0.4) is 0 Å². The number of amides is 1. The second kappa shape index (κ2) is 5.75. The van der Waals surface area contributed by atoms with E-state index >= 15 is 0 Å². The summed E-state index contributed by atoms with van der Waals surface area (Å²) in [4.78, 5) is 14.3. The highest BCUT2D eigenvalue weighted by Gasteiger charge is 2.20. The van der Waals surface area contributed by atoms with Crippen molar-refractivity contribution in [3.63, 3.8) is 0 Å².